The molecule has 0 atom stereocenters. The molecule has 1 aliphatic rings. The summed E-state index contributed by atoms with van der Waals surface area (Å²) in [5, 5.41) is 4.01. The van der Waals surface area contributed by atoms with Crippen LogP contribution in [0.4, 0.5) is 5.69 Å². The van der Waals surface area contributed by atoms with Crippen molar-refractivity contribution in [1.82, 2.24) is 4.98 Å². The van der Waals surface area contributed by atoms with Gasteiger partial charge in [0.2, 0.25) is 0 Å². The van der Waals surface area contributed by atoms with Crippen LogP contribution in [0.1, 0.15) is 11.1 Å². The van der Waals surface area contributed by atoms with Gasteiger partial charge in [0, 0.05) is 39.5 Å². The van der Waals surface area contributed by atoms with Crippen LogP contribution in [0, 0.1) is 0 Å². The molecule has 0 aliphatic carbocycles. The fourth-order valence-corrected chi connectivity index (χ4v) is 2.65. The molecule has 4 rings (SSSR count). The van der Waals surface area contributed by atoms with Gasteiger partial charge in [0.1, 0.15) is 0 Å². The molecule has 0 spiro atoms. The van der Waals surface area contributed by atoms with E-state index in [1.807, 2.05) is 54.7 Å². The van der Waals surface area contributed by atoms with Gasteiger partial charge in [-0.25, -0.2) is 0 Å². The summed E-state index contributed by atoms with van der Waals surface area (Å²) >= 11 is 0. The fourth-order valence-electron chi connectivity index (χ4n) is 2.65. The van der Waals surface area contributed by atoms with Crippen molar-refractivity contribution >= 4 is 34.1 Å². The maximum Gasteiger partial charge on any atom is 0.256 e. The van der Waals surface area contributed by atoms with Gasteiger partial charge in [-0.3, -0.25) is 4.79 Å². The van der Waals surface area contributed by atoms with Crippen molar-refractivity contribution in [2.75, 3.05) is 5.32 Å². The Bertz CT molecular complexity index is 858. The topological polar surface area (TPSA) is 44.9 Å². The third-order valence-electron chi connectivity index (χ3n) is 3.63. The summed E-state index contributed by atoms with van der Waals surface area (Å²) in [5.41, 5.74) is 4.66. The number of nitrogens with one attached hydrogen (secondary N) is 2. The highest BCUT2D eigenvalue weighted by Crippen LogP contribution is 2.33. The van der Waals surface area contributed by atoms with E-state index in [1.54, 1.807) is 0 Å². The molecule has 96 valence electrons. The van der Waals surface area contributed by atoms with Crippen molar-refractivity contribution in [2.45, 2.75) is 0 Å². The van der Waals surface area contributed by atoms with Crippen LogP contribution >= 0.6 is 0 Å². The maximum atomic E-state index is 12.1. The van der Waals surface area contributed by atoms with Crippen LogP contribution in [-0.4, -0.2) is 10.9 Å². The van der Waals surface area contributed by atoms with Gasteiger partial charge in [0.05, 0.1) is 0 Å². The summed E-state index contributed by atoms with van der Waals surface area (Å²) in [6, 6.07) is 15.8. The minimum atomic E-state index is -0.0449. The third-order valence-corrected chi connectivity index (χ3v) is 3.63. The van der Waals surface area contributed by atoms with Gasteiger partial charge in [-0.2, -0.15) is 0 Å². The van der Waals surface area contributed by atoms with Crippen LogP contribution in [0.15, 0.2) is 54.7 Å². The zero-order valence-corrected chi connectivity index (χ0v) is 10.7. The number of fused-ring (bicyclic) bond motifs is 2. The van der Waals surface area contributed by atoms with Gasteiger partial charge in [-0.1, -0.05) is 36.4 Å². The molecule has 0 saturated carbocycles. The molecule has 1 aromatic heterocycles. The summed E-state index contributed by atoms with van der Waals surface area (Å²) in [4.78, 5) is 15.3. The van der Waals surface area contributed by atoms with Gasteiger partial charge < -0.3 is 10.3 Å². The number of anilines is 1. The van der Waals surface area contributed by atoms with E-state index in [1.165, 1.54) is 0 Å². The molecule has 20 heavy (non-hydrogen) atoms. The zero-order valence-electron chi connectivity index (χ0n) is 10.7. The molecule has 0 saturated heterocycles. The highest BCUT2D eigenvalue weighted by Gasteiger charge is 2.23. The summed E-state index contributed by atoms with van der Waals surface area (Å²) in [6.45, 7) is 0. The van der Waals surface area contributed by atoms with E-state index in [9.17, 15) is 4.79 Å². The number of aromatic amines is 1. The number of para-hydroxylation sites is 2. The van der Waals surface area contributed by atoms with Crippen LogP contribution in [0.25, 0.3) is 22.6 Å². The summed E-state index contributed by atoms with van der Waals surface area (Å²) in [7, 11) is 0. The zero-order chi connectivity index (χ0) is 13.5. The first-order valence-corrected chi connectivity index (χ1v) is 6.51. The van der Waals surface area contributed by atoms with Crippen molar-refractivity contribution in [3.05, 3.63) is 65.9 Å². The van der Waals surface area contributed by atoms with E-state index in [0.29, 0.717) is 5.57 Å². The smallest absolute Gasteiger partial charge is 0.256 e. The van der Waals surface area contributed by atoms with Gasteiger partial charge in [-0.15, -0.1) is 0 Å². The Morgan fingerprint density at radius 2 is 1.75 bits per heavy atom. The van der Waals surface area contributed by atoms with Crippen molar-refractivity contribution in [3.8, 4) is 0 Å². The van der Waals surface area contributed by atoms with Crippen LogP contribution in [0.3, 0.4) is 0 Å². The maximum absolute atomic E-state index is 12.1. The molecular weight excluding hydrogens is 248 g/mol. The molecule has 3 nitrogen and oxygen atoms in total. The SMILES string of the molecule is O=C1Nc2ccccc2/C1=C\c1c[nH]c2ccccc12. The van der Waals surface area contributed by atoms with Crippen molar-refractivity contribution < 1.29 is 4.79 Å². The minimum absolute atomic E-state index is 0.0449. The Morgan fingerprint density at radius 3 is 2.70 bits per heavy atom. The lowest BCUT2D eigenvalue weighted by molar-refractivity contribution is -0.110. The Kier molecular flexibility index (Phi) is 2.27. The average molecular weight is 260 g/mol. The summed E-state index contributed by atoms with van der Waals surface area (Å²) in [6.07, 6.45) is 3.88. The normalized spacial score (nSPS) is 15.6. The second-order valence-electron chi connectivity index (χ2n) is 4.85. The monoisotopic (exact) mass is 260 g/mol. The number of amides is 1. The van der Waals surface area contributed by atoms with E-state index in [4.69, 9.17) is 0 Å². The highest BCUT2D eigenvalue weighted by atomic mass is 16.2. The largest absolute Gasteiger partial charge is 0.361 e. The number of carbonyl (C=O) groups excluding carboxylic acids is 1. The molecule has 0 fully saturated rings. The van der Waals surface area contributed by atoms with Crippen LogP contribution < -0.4 is 5.32 Å². The molecule has 3 aromatic rings. The van der Waals surface area contributed by atoms with Crippen LogP contribution in [0.5, 0.6) is 0 Å². The first kappa shape index (κ1) is 11.1. The molecule has 2 heterocycles. The van der Waals surface area contributed by atoms with Gasteiger partial charge in [0.25, 0.3) is 5.91 Å². The number of benzene rings is 2. The summed E-state index contributed by atoms with van der Waals surface area (Å²) < 4.78 is 0. The molecule has 1 aliphatic heterocycles. The fraction of sp³-hybridized carbons (Fsp3) is 0. The van der Waals surface area contributed by atoms with Crippen LogP contribution in [-0.2, 0) is 4.79 Å². The predicted octanol–water partition coefficient (Wildman–Crippen LogP) is 3.66. The molecule has 0 radical (unpaired) electrons. The van der Waals surface area contributed by atoms with Crippen molar-refractivity contribution in [2.24, 2.45) is 0 Å². The number of hydrogen-bond acceptors (Lipinski definition) is 1. The first-order valence-electron chi connectivity index (χ1n) is 6.51. The number of rotatable bonds is 1. The minimum Gasteiger partial charge on any atom is -0.361 e. The van der Waals surface area contributed by atoms with E-state index in [0.717, 1.165) is 27.7 Å². The van der Waals surface area contributed by atoms with Gasteiger partial charge in [0.15, 0.2) is 0 Å². The molecule has 2 aromatic carbocycles. The molecule has 0 bridgehead atoms. The van der Waals surface area contributed by atoms with E-state index < -0.39 is 0 Å². The number of hydrogen-bond donors (Lipinski definition) is 2. The Balaban J connectivity index is 1.90. The number of carbonyl (C=O) groups is 1. The Morgan fingerprint density at radius 1 is 0.950 bits per heavy atom. The lowest BCUT2D eigenvalue weighted by atomic mass is 10.0. The van der Waals surface area contributed by atoms with Crippen molar-refractivity contribution in [3.63, 3.8) is 0 Å². The third kappa shape index (κ3) is 1.57. The second-order valence-corrected chi connectivity index (χ2v) is 4.85. The second kappa shape index (κ2) is 4.10. The Labute approximate surface area is 115 Å². The summed E-state index contributed by atoms with van der Waals surface area (Å²) in [5.74, 6) is -0.0449. The predicted molar refractivity (Wildman–Crippen MR) is 81.2 cm³/mol. The number of H-pyrrole nitrogens is 1. The van der Waals surface area contributed by atoms with Crippen molar-refractivity contribution in [1.29, 1.82) is 0 Å². The van der Waals surface area contributed by atoms with E-state index in [2.05, 4.69) is 16.4 Å². The molecule has 2 N–H and O–H groups in total. The molecule has 1 amide bonds. The van der Waals surface area contributed by atoms with Gasteiger partial charge >= 0.3 is 0 Å². The quantitative estimate of drug-likeness (QED) is 0.644. The standard InChI is InChI=1S/C17H12N2O/c20-17-14(13-6-2-4-8-16(13)19-17)9-11-10-18-15-7-3-1-5-12(11)15/h1-10,18H,(H,19,20)/b14-9+. The lowest BCUT2D eigenvalue weighted by Gasteiger charge is -1.97. The first-order chi connectivity index (χ1) is 9.83. The average Bonchev–Trinajstić information content (AvgIpc) is 3.02. The number of aromatic nitrogens is 1. The lowest BCUT2D eigenvalue weighted by Crippen LogP contribution is -2.03. The van der Waals surface area contributed by atoms with Gasteiger partial charge in [-0.05, 0) is 18.2 Å². The highest BCUT2D eigenvalue weighted by molar-refractivity contribution is 6.35. The van der Waals surface area contributed by atoms with Crippen LogP contribution in [0.2, 0.25) is 0 Å². The van der Waals surface area contributed by atoms with E-state index in [-0.39, 0.29) is 5.91 Å². The van der Waals surface area contributed by atoms with E-state index >= 15 is 0 Å². The molecule has 3 heteroatoms. The molecule has 0 unspecified atom stereocenters. The molecular formula is C17H12N2O. The Hall–Kier alpha value is -2.81.